The molecule has 2 rings (SSSR count). The number of carboxylic acids is 1. The van der Waals surface area contributed by atoms with E-state index in [2.05, 4.69) is 12.2 Å². The standard InChI is InChI=1S/C16H21NO3/c1-11-6-8-12(9-7-11)16(20)17-14-5-3-2-4-13(14)10-15(18)19/h2-5,11-12H,6-10H2,1H3,(H,17,20)(H,18,19). The normalized spacial score (nSPS) is 22.2. The molecule has 0 aliphatic heterocycles. The molecule has 0 unspecified atom stereocenters. The first-order valence-electron chi connectivity index (χ1n) is 7.17. The van der Waals surface area contributed by atoms with Crippen LogP contribution in [-0.4, -0.2) is 17.0 Å². The van der Waals surface area contributed by atoms with Crippen molar-refractivity contribution in [2.45, 2.75) is 39.0 Å². The van der Waals surface area contributed by atoms with Gasteiger partial charge in [-0.15, -0.1) is 0 Å². The van der Waals surface area contributed by atoms with E-state index in [4.69, 9.17) is 5.11 Å². The van der Waals surface area contributed by atoms with Gasteiger partial charge < -0.3 is 10.4 Å². The molecule has 1 saturated carbocycles. The summed E-state index contributed by atoms with van der Waals surface area (Å²) in [4.78, 5) is 23.1. The first kappa shape index (κ1) is 14.6. The van der Waals surface area contributed by atoms with Crippen LogP contribution in [0.1, 0.15) is 38.2 Å². The monoisotopic (exact) mass is 275 g/mol. The summed E-state index contributed by atoms with van der Waals surface area (Å²) in [5.74, 6) is -0.102. The Balaban J connectivity index is 2.02. The van der Waals surface area contributed by atoms with Gasteiger partial charge in [-0.3, -0.25) is 9.59 Å². The number of carbonyl (C=O) groups excluding carboxylic acids is 1. The predicted octanol–water partition coefficient (Wildman–Crippen LogP) is 3.08. The summed E-state index contributed by atoms with van der Waals surface area (Å²) in [6.07, 6.45) is 3.96. The number of para-hydroxylation sites is 1. The molecule has 0 spiro atoms. The van der Waals surface area contributed by atoms with E-state index in [-0.39, 0.29) is 18.2 Å². The lowest BCUT2D eigenvalue weighted by atomic mass is 9.82. The van der Waals surface area contributed by atoms with Crippen LogP contribution < -0.4 is 5.32 Å². The van der Waals surface area contributed by atoms with Crippen molar-refractivity contribution >= 4 is 17.6 Å². The average Bonchev–Trinajstić information content (AvgIpc) is 2.41. The Bertz CT molecular complexity index is 490. The van der Waals surface area contributed by atoms with Crippen molar-refractivity contribution in [3.05, 3.63) is 29.8 Å². The third-order valence-corrected chi connectivity index (χ3v) is 4.00. The first-order valence-corrected chi connectivity index (χ1v) is 7.17. The highest BCUT2D eigenvalue weighted by molar-refractivity contribution is 5.93. The molecule has 0 aromatic heterocycles. The van der Waals surface area contributed by atoms with Crippen molar-refractivity contribution in [1.82, 2.24) is 0 Å². The Morgan fingerprint density at radius 2 is 1.85 bits per heavy atom. The Hall–Kier alpha value is -1.84. The van der Waals surface area contributed by atoms with Gasteiger partial charge in [0.15, 0.2) is 0 Å². The molecular formula is C16H21NO3. The quantitative estimate of drug-likeness (QED) is 0.887. The summed E-state index contributed by atoms with van der Waals surface area (Å²) in [5, 5.41) is 11.8. The fraction of sp³-hybridized carbons (Fsp3) is 0.500. The molecule has 0 radical (unpaired) electrons. The molecule has 1 aromatic carbocycles. The lowest BCUT2D eigenvalue weighted by Gasteiger charge is -2.25. The summed E-state index contributed by atoms with van der Waals surface area (Å²) >= 11 is 0. The van der Waals surface area contributed by atoms with Gasteiger partial charge in [0.1, 0.15) is 0 Å². The fourth-order valence-corrected chi connectivity index (χ4v) is 2.72. The molecule has 1 aromatic rings. The lowest BCUT2D eigenvalue weighted by Crippen LogP contribution is -2.27. The summed E-state index contributed by atoms with van der Waals surface area (Å²) < 4.78 is 0. The number of benzene rings is 1. The van der Waals surface area contributed by atoms with Crippen LogP contribution in [0.15, 0.2) is 24.3 Å². The van der Waals surface area contributed by atoms with E-state index in [1.54, 1.807) is 18.2 Å². The Morgan fingerprint density at radius 1 is 1.20 bits per heavy atom. The van der Waals surface area contributed by atoms with Crippen LogP contribution in [0.25, 0.3) is 0 Å². The average molecular weight is 275 g/mol. The maximum atomic E-state index is 12.3. The van der Waals surface area contributed by atoms with E-state index < -0.39 is 5.97 Å². The second kappa shape index (κ2) is 6.55. The molecule has 1 aliphatic rings. The van der Waals surface area contributed by atoms with Gasteiger partial charge in [-0.2, -0.15) is 0 Å². The van der Waals surface area contributed by atoms with Gasteiger partial charge in [-0.1, -0.05) is 25.1 Å². The van der Waals surface area contributed by atoms with Gasteiger partial charge in [-0.25, -0.2) is 0 Å². The number of amides is 1. The summed E-state index contributed by atoms with van der Waals surface area (Å²) in [7, 11) is 0. The van der Waals surface area contributed by atoms with Gasteiger partial charge in [0, 0.05) is 11.6 Å². The van der Waals surface area contributed by atoms with Crippen molar-refractivity contribution < 1.29 is 14.7 Å². The Kier molecular flexibility index (Phi) is 4.77. The topological polar surface area (TPSA) is 66.4 Å². The molecule has 20 heavy (non-hydrogen) atoms. The molecule has 0 heterocycles. The minimum atomic E-state index is -0.891. The maximum absolute atomic E-state index is 12.3. The number of carboxylic acid groups (broad SMARTS) is 1. The highest BCUT2D eigenvalue weighted by Gasteiger charge is 2.24. The number of hydrogen-bond acceptors (Lipinski definition) is 2. The lowest BCUT2D eigenvalue weighted by molar-refractivity contribution is -0.136. The van der Waals surface area contributed by atoms with Crippen molar-refractivity contribution in [3.63, 3.8) is 0 Å². The molecule has 4 nitrogen and oxygen atoms in total. The molecular weight excluding hydrogens is 254 g/mol. The third kappa shape index (κ3) is 3.83. The second-order valence-corrected chi connectivity index (χ2v) is 5.67. The number of hydrogen-bond donors (Lipinski definition) is 2. The van der Waals surface area contributed by atoms with Crippen molar-refractivity contribution in [2.24, 2.45) is 11.8 Å². The van der Waals surface area contributed by atoms with Gasteiger partial charge in [0.25, 0.3) is 0 Å². The summed E-state index contributed by atoms with van der Waals surface area (Å²) in [6, 6.07) is 7.11. The number of aliphatic carboxylic acids is 1. The van der Waals surface area contributed by atoms with E-state index in [1.807, 2.05) is 6.07 Å². The molecule has 0 bridgehead atoms. The van der Waals surface area contributed by atoms with Crippen LogP contribution in [0.3, 0.4) is 0 Å². The van der Waals surface area contributed by atoms with Crippen LogP contribution in [0.4, 0.5) is 5.69 Å². The van der Waals surface area contributed by atoms with Crippen molar-refractivity contribution in [2.75, 3.05) is 5.32 Å². The maximum Gasteiger partial charge on any atom is 0.307 e. The van der Waals surface area contributed by atoms with Gasteiger partial charge in [0.2, 0.25) is 5.91 Å². The molecule has 1 aliphatic carbocycles. The first-order chi connectivity index (χ1) is 9.56. The Morgan fingerprint density at radius 3 is 2.50 bits per heavy atom. The third-order valence-electron chi connectivity index (χ3n) is 4.00. The summed E-state index contributed by atoms with van der Waals surface area (Å²) in [6.45, 7) is 2.22. The zero-order chi connectivity index (χ0) is 14.5. The van der Waals surface area contributed by atoms with E-state index in [0.29, 0.717) is 17.2 Å². The predicted molar refractivity (Wildman–Crippen MR) is 77.5 cm³/mol. The number of carbonyl (C=O) groups is 2. The molecule has 1 fully saturated rings. The minimum Gasteiger partial charge on any atom is -0.481 e. The van der Waals surface area contributed by atoms with Crippen LogP contribution in [-0.2, 0) is 16.0 Å². The zero-order valence-electron chi connectivity index (χ0n) is 11.8. The minimum absolute atomic E-state index is 0.0229. The fourth-order valence-electron chi connectivity index (χ4n) is 2.72. The summed E-state index contributed by atoms with van der Waals surface area (Å²) in [5.41, 5.74) is 1.27. The molecule has 0 atom stereocenters. The smallest absolute Gasteiger partial charge is 0.307 e. The van der Waals surface area contributed by atoms with E-state index >= 15 is 0 Å². The van der Waals surface area contributed by atoms with Crippen LogP contribution in [0, 0.1) is 11.8 Å². The van der Waals surface area contributed by atoms with Crippen LogP contribution in [0.2, 0.25) is 0 Å². The van der Waals surface area contributed by atoms with E-state index in [1.165, 1.54) is 0 Å². The Labute approximate surface area is 119 Å². The zero-order valence-corrected chi connectivity index (χ0v) is 11.8. The molecule has 4 heteroatoms. The molecule has 0 saturated heterocycles. The number of anilines is 1. The van der Waals surface area contributed by atoms with Crippen LogP contribution >= 0.6 is 0 Å². The second-order valence-electron chi connectivity index (χ2n) is 5.67. The van der Waals surface area contributed by atoms with Crippen molar-refractivity contribution in [1.29, 1.82) is 0 Å². The van der Waals surface area contributed by atoms with Crippen molar-refractivity contribution in [3.8, 4) is 0 Å². The largest absolute Gasteiger partial charge is 0.481 e. The van der Waals surface area contributed by atoms with E-state index in [9.17, 15) is 9.59 Å². The number of rotatable bonds is 4. The number of nitrogens with one attached hydrogen (secondary N) is 1. The van der Waals surface area contributed by atoms with Gasteiger partial charge in [-0.05, 0) is 43.2 Å². The SMILES string of the molecule is CC1CCC(C(=O)Nc2ccccc2CC(=O)O)CC1. The van der Waals surface area contributed by atoms with Gasteiger partial charge >= 0.3 is 5.97 Å². The van der Waals surface area contributed by atoms with E-state index in [0.717, 1.165) is 25.7 Å². The highest BCUT2D eigenvalue weighted by atomic mass is 16.4. The highest BCUT2D eigenvalue weighted by Crippen LogP contribution is 2.29. The molecule has 108 valence electrons. The van der Waals surface area contributed by atoms with Crippen LogP contribution in [0.5, 0.6) is 0 Å². The van der Waals surface area contributed by atoms with Gasteiger partial charge in [0.05, 0.1) is 6.42 Å². The molecule has 1 amide bonds. The molecule has 2 N–H and O–H groups in total.